The molecule has 0 N–H and O–H groups in total. The van der Waals surface area contributed by atoms with Gasteiger partial charge in [0.25, 0.3) is 0 Å². The second kappa shape index (κ2) is 9.51. The highest BCUT2D eigenvalue weighted by molar-refractivity contribution is 7.89. The van der Waals surface area contributed by atoms with Crippen molar-refractivity contribution in [2.24, 2.45) is 0 Å². The van der Waals surface area contributed by atoms with Gasteiger partial charge in [-0.25, -0.2) is 8.42 Å². The van der Waals surface area contributed by atoms with E-state index in [4.69, 9.17) is 18.9 Å². The largest absolute Gasteiger partial charge is 0.493 e. The molecule has 2 aliphatic heterocycles. The molecule has 9 nitrogen and oxygen atoms in total. The summed E-state index contributed by atoms with van der Waals surface area (Å²) in [7, 11) is 0.736. The van der Waals surface area contributed by atoms with Crippen LogP contribution < -0.4 is 9.47 Å². The highest BCUT2D eigenvalue weighted by Gasteiger charge is 2.48. The lowest BCUT2D eigenvalue weighted by Gasteiger charge is -2.40. The van der Waals surface area contributed by atoms with Gasteiger partial charge in [-0.05, 0) is 25.0 Å². The molecule has 2 heterocycles. The highest BCUT2D eigenvalue weighted by atomic mass is 32.2. The minimum absolute atomic E-state index is 0.0541. The zero-order chi connectivity index (χ0) is 21.8. The van der Waals surface area contributed by atoms with Gasteiger partial charge < -0.3 is 23.8 Å². The molecule has 1 atom stereocenters. The van der Waals surface area contributed by atoms with Crippen LogP contribution in [0.25, 0.3) is 0 Å². The van der Waals surface area contributed by atoms with Gasteiger partial charge in [0.2, 0.25) is 15.9 Å². The van der Waals surface area contributed by atoms with Crippen molar-refractivity contribution in [1.82, 2.24) is 9.21 Å². The van der Waals surface area contributed by atoms with Crippen LogP contribution in [0.4, 0.5) is 0 Å². The van der Waals surface area contributed by atoms with Gasteiger partial charge in [0.05, 0.1) is 31.3 Å². The van der Waals surface area contributed by atoms with Crippen LogP contribution in [0, 0.1) is 0 Å². The molecule has 0 radical (unpaired) electrons. The van der Waals surface area contributed by atoms with Crippen LogP contribution in [0.15, 0.2) is 23.1 Å². The van der Waals surface area contributed by atoms with Gasteiger partial charge >= 0.3 is 0 Å². The lowest BCUT2D eigenvalue weighted by Crippen LogP contribution is -2.57. The van der Waals surface area contributed by atoms with Crippen LogP contribution in [0.5, 0.6) is 11.5 Å². The van der Waals surface area contributed by atoms with Crippen LogP contribution in [0.2, 0.25) is 0 Å². The Morgan fingerprint density at radius 2 is 1.93 bits per heavy atom. The summed E-state index contributed by atoms with van der Waals surface area (Å²) < 4.78 is 49.5. The molecule has 3 rings (SSSR count). The van der Waals surface area contributed by atoms with Crippen molar-refractivity contribution in [2.45, 2.75) is 29.7 Å². The molecule has 1 unspecified atom stereocenters. The fourth-order valence-electron chi connectivity index (χ4n) is 4.11. The Hall–Kier alpha value is -1.88. The van der Waals surface area contributed by atoms with Crippen LogP contribution in [-0.4, -0.2) is 89.9 Å². The van der Waals surface area contributed by atoms with E-state index in [1.54, 1.807) is 13.2 Å². The molecule has 2 saturated heterocycles. The van der Waals surface area contributed by atoms with E-state index in [2.05, 4.69) is 0 Å². The lowest BCUT2D eigenvalue weighted by molar-refractivity contribution is -0.136. The van der Waals surface area contributed by atoms with Crippen molar-refractivity contribution in [2.75, 3.05) is 60.8 Å². The monoisotopic (exact) mass is 442 g/mol. The molecule has 10 heteroatoms. The molecule has 0 aromatic heterocycles. The highest BCUT2D eigenvalue weighted by Crippen LogP contribution is 2.35. The van der Waals surface area contributed by atoms with Crippen LogP contribution in [-0.2, 0) is 24.3 Å². The molecule has 168 valence electrons. The van der Waals surface area contributed by atoms with Crippen LogP contribution in [0.1, 0.15) is 19.3 Å². The topological polar surface area (TPSA) is 94.6 Å². The maximum absolute atomic E-state index is 13.5. The summed E-state index contributed by atoms with van der Waals surface area (Å²) in [6.07, 6.45) is 1.41. The van der Waals surface area contributed by atoms with E-state index in [1.165, 1.54) is 30.7 Å². The van der Waals surface area contributed by atoms with E-state index >= 15 is 0 Å². The zero-order valence-corrected chi connectivity index (χ0v) is 18.6. The SMILES string of the molecule is COCCCN1C(=O)CCN(S(=O)(=O)c2ccc(OC)c(OC)c2)CC12CCOC2. The third kappa shape index (κ3) is 4.41. The fourth-order valence-corrected chi connectivity index (χ4v) is 5.64. The predicted molar refractivity (Wildman–Crippen MR) is 109 cm³/mol. The number of carbonyl (C=O) groups is 1. The number of sulfonamides is 1. The number of hydrogen-bond acceptors (Lipinski definition) is 7. The molecule has 1 aromatic rings. The molecule has 1 spiro atoms. The number of methoxy groups -OCH3 is 3. The lowest BCUT2D eigenvalue weighted by atomic mass is 9.96. The number of rotatable bonds is 8. The number of ether oxygens (including phenoxy) is 4. The first-order chi connectivity index (χ1) is 14.4. The van der Waals surface area contributed by atoms with Gasteiger partial charge in [-0.1, -0.05) is 0 Å². The number of nitrogens with zero attached hydrogens (tertiary/aromatic N) is 2. The molecule has 1 aromatic carbocycles. The average Bonchev–Trinajstić information content (AvgIpc) is 3.17. The Bertz CT molecular complexity index is 853. The van der Waals surface area contributed by atoms with Crippen molar-refractivity contribution in [3.63, 3.8) is 0 Å². The zero-order valence-electron chi connectivity index (χ0n) is 17.8. The molecule has 30 heavy (non-hydrogen) atoms. The minimum atomic E-state index is -3.84. The smallest absolute Gasteiger partial charge is 0.243 e. The number of carbonyl (C=O) groups excluding carboxylic acids is 1. The maximum Gasteiger partial charge on any atom is 0.243 e. The molecule has 2 aliphatic rings. The molecule has 0 aliphatic carbocycles. The first kappa shape index (κ1) is 22.8. The van der Waals surface area contributed by atoms with Gasteiger partial charge in [-0.15, -0.1) is 0 Å². The van der Waals surface area contributed by atoms with Crippen LogP contribution >= 0.6 is 0 Å². The predicted octanol–water partition coefficient (Wildman–Crippen LogP) is 1.12. The van der Waals surface area contributed by atoms with Crippen molar-refractivity contribution >= 4 is 15.9 Å². The third-order valence-electron chi connectivity index (χ3n) is 5.72. The first-order valence-corrected chi connectivity index (χ1v) is 11.4. The quantitative estimate of drug-likeness (QED) is 0.557. The van der Waals surface area contributed by atoms with E-state index in [9.17, 15) is 13.2 Å². The van der Waals surface area contributed by atoms with Gasteiger partial charge in [0, 0.05) is 52.4 Å². The normalized spacial score (nSPS) is 23.0. The van der Waals surface area contributed by atoms with Gasteiger partial charge in [-0.2, -0.15) is 4.31 Å². The van der Waals surface area contributed by atoms with Gasteiger partial charge in [-0.3, -0.25) is 4.79 Å². The molecule has 0 saturated carbocycles. The second-order valence-electron chi connectivity index (χ2n) is 7.52. The Balaban J connectivity index is 1.92. The fraction of sp³-hybridized carbons (Fsp3) is 0.650. The summed E-state index contributed by atoms with van der Waals surface area (Å²) in [5.41, 5.74) is -0.662. The molecule has 1 amide bonds. The number of hydrogen-bond donors (Lipinski definition) is 0. The summed E-state index contributed by atoms with van der Waals surface area (Å²) in [5, 5.41) is 0. The summed E-state index contributed by atoms with van der Waals surface area (Å²) in [5.74, 6) is 0.735. The summed E-state index contributed by atoms with van der Waals surface area (Å²) in [6, 6.07) is 4.52. The second-order valence-corrected chi connectivity index (χ2v) is 9.46. The van der Waals surface area contributed by atoms with E-state index in [-0.39, 0.29) is 30.3 Å². The Morgan fingerprint density at radius 3 is 2.57 bits per heavy atom. The third-order valence-corrected chi connectivity index (χ3v) is 7.57. The van der Waals surface area contributed by atoms with E-state index in [0.29, 0.717) is 50.7 Å². The summed E-state index contributed by atoms with van der Waals surface area (Å²) in [6.45, 7) is 2.19. The summed E-state index contributed by atoms with van der Waals surface area (Å²) >= 11 is 0. The minimum Gasteiger partial charge on any atom is -0.493 e. The van der Waals surface area contributed by atoms with E-state index in [0.717, 1.165) is 0 Å². The Labute approximate surface area is 177 Å². The van der Waals surface area contributed by atoms with E-state index in [1.807, 2.05) is 4.90 Å². The van der Waals surface area contributed by atoms with Gasteiger partial charge in [0.15, 0.2) is 11.5 Å². The number of benzene rings is 1. The molecule has 2 fully saturated rings. The Kier molecular flexibility index (Phi) is 7.22. The maximum atomic E-state index is 13.5. The average molecular weight is 443 g/mol. The molecular weight excluding hydrogens is 412 g/mol. The number of amides is 1. The van der Waals surface area contributed by atoms with Crippen molar-refractivity contribution in [1.29, 1.82) is 0 Å². The standard InChI is InChI=1S/C20H30N2O7S/c1-26-11-4-9-22-19(23)7-10-21(14-20(22)8-12-29-15-20)30(24,25)16-5-6-17(27-2)18(13-16)28-3/h5-6,13H,4,7-12,14-15H2,1-3H3. The van der Waals surface area contributed by atoms with Crippen molar-refractivity contribution in [3.8, 4) is 11.5 Å². The Morgan fingerprint density at radius 1 is 1.17 bits per heavy atom. The molecule has 0 bridgehead atoms. The molecular formula is C20H30N2O7S. The van der Waals surface area contributed by atoms with Crippen LogP contribution in [0.3, 0.4) is 0 Å². The van der Waals surface area contributed by atoms with E-state index < -0.39 is 15.6 Å². The van der Waals surface area contributed by atoms with Crippen molar-refractivity contribution in [3.05, 3.63) is 18.2 Å². The van der Waals surface area contributed by atoms with Gasteiger partial charge in [0.1, 0.15) is 0 Å². The first-order valence-electron chi connectivity index (χ1n) is 9.97. The van der Waals surface area contributed by atoms with Crippen molar-refractivity contribution < 1.29 is 32.2 Å². The summed E-state index contributed by atoms with van der Waals surface area (Å²) in [4.78, 5) is 14.8.